The molecule has 4 rings (SSSR count). The van der Waals surface area contributed by atoms with Crippen molar-refractivity contribution < 1.29 is 34.2 Å². The zero-order valence-electron chi connectivity index (χ0n) is 21.4. The third-order valence-electron chi connectivity index (χ3n) is 9.77. The molecule has 3 saturated carbocycles. The summed E-state index contributed by atoms with van der Waals surface area (Å²) in [5.41, 5.74) is -1.67. The summed E-state index contributed by atoms with van der Waals surface area (Å²) in [5, 5.41) is 22.3. The molecule has 4 aliphatic rings. The Labute approximate surface area is 206 Å². The van der Waals surface area contributed by atoms with E-state index in [1.807, 2.05) is 0 Å². The SMILES string of the molecule is CC(=O)C(=O)[C@]12C[C@H](O)[C@H]3[C@@H](CCC4=CC(=O)CC[C@@]43C)[C@@H]1CC[C@@H]2C(=O)C(O)C(=O)C(C)(C)C. The molecule has 0 saturated heterocycles. The third-order valence-corrected chi connectivity index (χ3v) is 9.77. The number of hydrogen-bond donors (Lipinski definition) is 2. The van der Waals surface area contributed by atoms with Crippen molar-refractivity contribution in [1.29, 1.82) is 0 Å². The second-order valence-corrected chi connectivity index (χ2v) is 12.6. The molecule has 0 aromatic carbocycles. The Kier molecular flexibility index (Phi) is 6.37. The van der Waals surface area contributed by atoms with Crippen LogP contribution in [0.25, 0.3) is 0 Å². The van der Waals surface area contributed by atoms with E-state index >= 15 is 0 Å². The van der Waals surface area contributed by atoms with Crippen molar-refractivity contribution in [2.45, 2.75) is 91.8 Å². The highest BCUT2D eigenvalue weighted by atomic mass is 16.3. The van der Waals surface area contributed by atoms with Crippen LogP contribution in [0, 0.1) is 39.9 Å². The van der Waals surface area contributed by atoms with Gasteiger partial charge in [-0.1, -0.05) is 33.3 Å². The van der Waals surface area contributed by atoms with Gasteiger partial charge in [-0.15, -0.1) is 0 Å². The zero-order chi connectivity index (χ0) is 26.1. The average molecular weight is 487 g/mol. The van der Waals surface area contributed by atoms with Crippen LogP contribution >= 0.6 is 0 Å². The van der Waals surface area contributed by atoms with E-state index in [-0.39, 0.29) is 35.4 Å². The molecule has 0 radical (unpaired) electrons. The molecule has 0 aliphatic heterocycles. The minimum Gasteiger partial charge on any atom is -0.393 e. The largest absolute Gasteiger partial charge is 0.393 e. The first-order valence-electron chi connectivity index (χ1n) is 12.9. The Balaban J connectivity index is 1.76. The number of carbonyl (C=O) groups excluding carboxylic acids is 5. The molecule has 0 aromatic rings. The van der Waals surface area contributed by atoms with Crippen LogP contribution in [0.1, 0.15) is 79.6 Å². The fourth-order valence-corrected chi connectivity index (χ4v) is 8.20. The standard InChI is InChI=1S/C28H38O7/c1-14(29)24(34)28-13-20(31)21-17(7-6-15-12-16(30)10-11-27(15,21)5)18(28)8-9-19(28)22(32)23(33)25(35)26(2,3)4/h12,17-21,23,31,33H,6-11,13H2,1-5H3/t17-,18-,19+,20-,21+,23?,27-,28+/m0/s1. The lowest BCUT2D eigenvalue weighted by Gasteiger charge is -2.59. The number of Topliss-reactive ketones (excluding diaryl/α,β-unsaturated/α-hetero) is 4. The second-order valence-electron chi connectivity index (χ2n) is 12.6. The van der Waals surface area contributed by atoms with Crippen LogP contribution in [0.2, 0.25) is 0 Å². The third kappa shape index (κ3) is 3.81. The summed E-state index contributed by atoms with van der Waals surface area (Å²) in [7, 11) is 0. The molecule has 0 amide bonds. The van der Waals surface area contributed by atoms with Crippen LogP contribution in [0.5, 0.6) is 0 Å². The molecule has 7 nitrogen and oxygen atoms in total. The van der Waals surface area contributed by atoms with Crippen molar-refractivity contribution in [3.8, 4) is 0 Å². The van der Waals surface area contributed by atoms with Gasteiger partial charge in [0.15, 0.2) is 29.2 Å². The van der Waals surface area contributed by atoms with Crippen LogP contribution in [0.15, 0.2) is 11.6 Å². The van der Waals surface area contributed by atoms with Gasteiger partial charge in [0.25, 0.3) is 0 Å². The van der Waals surface area contributed by atoms with Gasteiger partial charge in [0.05, 0.1) is 11.5 Å². The summed E-state index contributed by atoms with van der Waals surface area (Å²) in [6.07, 6.45) is 2.10. The highest BCUT2D eigenvalue weighted by molar-refractivity contribution is 6.39. The van der Waals surface area contributed by atoms with Gasteiger partial charge < -0.3 is 10.2 Å². The highest BCUT2D eigenvalue weighted by Crippen LogP contribution is 2.67. The first-order chi connectivity index (χ1) is 16.2. The average Bonchev–Trinajstić information content (AvgIpc) is 3.16. The maximum Gasteiger partial charge on any atom is 0.205 e. The van der Waals surface area contributed by atoms with Gasteiger partial charge in [-0.2, -0.15) is 0 Å². The highest BCUT2D eigenvalue weighted by Gasteiger charge is 2.68. The predicted octanol–water partition coefficient (Wildman–Crippen LogP) is 2.79. The van der Waals surface area contributed by atoms with Crippen molar-refractivity contribution >= 4 is 28.9 Å². The zero-order valence-corrected chi connectivity index (χ0v) is 21.4. The second kappa shape index (κ2) is 8.55. The normalized spacial score (nSPS) is 39.6. The number of fused-ring (bicyclic) bond motifs is 5. The molecular weight excluding hydrogens is 448 g/mol. The van der Waals surface area contributed by atoms with E-state index < -0.39 is 52.1 Å². The van der Waals surface area contributed by atoms with Crippen LogP contribution in [-0.4, -0.2) is 51.3 Å². The van der Waals surface area contributed by atoms with Crippen LogP contribution in [0.4, 0.5) is 0 Å². The number of carbonyl (C=O) groups is 5. The Morgan fingerprint density at radius 2 is 1.74 bits per heavy atom. The Bertz CT molecular complexity index is 1020. The molecule has 1 unspecified atom stereocenters. The van der Waals surface area contributed by atoms with Gasteiger partial charge in [0.2, 0.25) is 5.78 Å². The van der Waals surface area contributed by atoms with Gasteiger partial charge in [0.1, 0.15) is 0 Å². The van der Waals surface area contributed by atoms with Crippen LogP contribution < -0.4 is 0 Å². The maximum atomic E-state index is 13.6. The number of aliphatic hydroxyl groups excluding tert-OH is 2. The van der Waals surface area contributed by atoms with E-state index in [1.54, 1.807) is 26.8 Å². The van der Waals surface area contributed by atoms with Crippen molar-refractivity contribution in [1.82, 2.24) is 0 Å². The number of aliphatic hydroxyl groups is 2. The van der Waals surface area contributed by atoms with Gasteiger partial charge in [-0.25, -0.2) is 0 Å². The lowest BCUT2D eigenvalue weighted by molar-refractivity contribution is -0.170. The first kappa shape index (κ1) is 26.1. The van der Waals surface area contributed by atoms with Crippen molar-refractivity contribution in [3.63, 3.8) is 0 Å². The van der Waals surface area contributed by atoms with Crippen molar-refractivity contribution in [2.24, 2.45) is 39.9 Å². The number of allylic oxidation sites excluding steroid dienone is 1. The summed E-state index contributed by atoms with van der Waals surface area (Å²) in [5.74, 6) is -4.11. The summed E-state index contributed by atoms with van der Waals surface area (Å²) in [6, 6.07) is 0. The molecule has 0 bridgehead atoms. The molecular formula is C28H38O7. The fourth-order valence-electron chi connectivity index (χ4n) is 8.20. The minimum absolute atomic E-state index is 0.0408. The molecule has 8 atom stereocenters. The molecule has 4 aliphatic carbocycles. The van der Waals surface area contributed by atoms with E-state index in [0.29, 0.717) is 38.5 Å². The topological polar surface area (TPSA) is 126 Å². The van der Waals surface area contributed by atoms with Gasteiger partial charge in [-0.3, -0.25) is 24.0 Å². The lowest BCUT2D eigenvalue weighted by atomic mass is 9.44. The van der Waals surface area contributed by atoms with Crippen molar-refractivity contribution in [2.75, 3.05) is 0 Å². The molecule has 0 heterocycles. The molecule has 35 heavy (non-hydrogen) atoms. The van der Waals surface area contributed by atoms with Crippen LogP contribution in [0.3, 0.4) is 0 Å². The quantitative estimate of drug-likeness (QED) is 0.452. The Hall–Kier alpha value is -1.99. The van der Waals surface area contributed by atoms with E-state index in [4.69, 9.17) is 0 Å². The molecule has 192 valence electrons. The summed E-state index contributed by atoms with van der Waals surface area (Å²) in [4.78, 5) is 64.5. The summed E-state index contributed by atoms with van der Waals surface area (Å²) < 4.78 is 0. The molecule has 3 fully saturated rings. The number of rotatable bonds is 5. The maximum absolute atomic E-state index is 13.6. The summed E-state index contributed by atoms with van der Waals surface area (Å²) >= 11 is 0. The fraction of sp³-hybridized carbons (Fsp3) is 0.750. The van der Waals surface area contributed by atoms with Gasteiger partial charge in [0, 0.05) is 24.7 Å². The first-order valence-corrected chi connectivity index (χ1v) is 12.9. The molecule has 0 spiro atoms. The van der Waals surface area contributed by atoms with Crippen molar-refractivity contribution in [3.05, 3.63) is 11.6 Å². The van der Waals surface area contributed by atoms with E-state index in [1.165, 1.54) is 6.92 Å². The number of ketones is 5. The Morgan fingerprint density at radius 1 is 1.09 bits per heavy atom. The minimum atomic E-state index is -1.87. The molecule has 7 heteroatoms. The molecule has 2 N–H and O–H groups in total. The van der Waals surface area contributed by atoms with E-state index in [2.05, 4.69) is 6.92 Å². The predicted molar refractivity (Wildman–Crippen MR) is 127 cm³/mol. The molecule has 0 aromatic heterocycles. The van der Waals surface area contributed by atoms with Gasteiger partial charge >= 0.3 is 0 Å². The van der Waals surface area contributed by atoms with Crippen LogP contribution in [-0.2, 0) is 24.0 Å². The monoisotopic (exact) mass is 486 g/mol. The number of hydrogen-bond acceptors (Lipinski definition) is 7. The summed E-state index contributed by atoms with van der Waals surface area (Å²) in [6.45, 7) is 8.15. The Morgan fingerprint density at radius 3 is 2.34 bits per heavy atom. The van der Waals surface area contributed by atoms with E-state index in [0.717, 1.165) is 5.57 Å². The van der Waals surface area contributed by atoms with Gasteiger partial charge in [-0.05, 0) is 67.8 Å². The lowest BCUT2D eigenvalue weighted by Crippen LogP contribution is -2.61. The smallest absolute Gasteiger partial charge is 0.205 e. The van der Waals surface area contributed by atoms with E-state index in [9.17, 15) is 34.2 Å².